The zero-order chi connectivity index (χ0) is 27.4. The Morgan fingerprint density at radius 1 is 1.13 bits per heavy atom. The first-order valence-electron chi connectivity index (χ1n) is 12.3. The molecule has 4 rings (SSSR count). The van der Waals surface area contributed by atoms with Crippen molar-refractivity contribution in [2.24, 2.45) is 5.10 Å². The van der Waals surface area contributed by atoms with Gasteiger partial charge in [-0.3, -0.25) is 9.59 Å². The summed E-state index contributed by atoms with van der Waals surface area (Å²) in [6, 6.07) is 8.92. The van der Waals surface area contributed by atoms with Crippen molar-refractivity contribution >= 4 is 54.9 Å². The third kappa shape index (κ3) is 6.44. The Bertz CT molecular complexity index is 1430. The summed E-state index contributed by atoms with van der Waals surface area (Å²) in [5, 5.41) is 5.02. The van der Waals surface area contributed by atoms with Gasteiger partial charge in [-0.05, 0) is 53.2 Å². The second-order valence-corrected chi connectivity index (χ2v) is 11.5. The molecule has 1 aromatic heterocycles. The summed E-state index contributed by atoms with van der Waals surface area (Å²) in [5.74, 6) is 1.33. The summed E-state index contributed by atoms with van der Waals surface area (Å²) in [6.07, 6.45) is 1.58. The van der Waals surface area contributed by atoms with E-state index in [4.69, 9.17) is 19.2 Å². The van der Waals surface area contributed by atoms with Gasteiger partial charge in [0.2, 0.25) is 0 Å². The Morgan fingerprint density at radius 2 is 1.84 bits per heavy atom. The van der Waals surface area contributed by atoms with E-state index in [9.17, 15) is 9.59 Å². The quantitative estimate of drug-likeness (QED) is 0.343. The lowest BCUT2D eigenvalue weighted by molar-refractivity contribution is -0.137. The van der Waals surface area contributed by atoms with Crippen LogP contribution in [0.25, 0.3) is 10.9 Å². The Hall–Kier alpha value is -2.76. The van der Waals surface area contributed by atoms with Gasteiger partial charge in [-0.1, -0.05) is 36.7 Å². The summed E-state index contributed by atoms with van der Waals surface area (Å²) in [4.78, 5) is 32.5. The number of rotatable bonds is 7. The normalized spacial score (nSPS) is 14.3. The van der Waals surface area contributed by atoms with Gasteiger partial charge in [0.25, 0.3) is 11.5 Å². The summed E-state index contributed by atoms with van der Waals surface area (Å²) < 4.78 is 19.7. The third-order valence-corrected chi connectivity index (χ3v) is 7.05. The van der Waals surface area contributed by atoms with Gasteiger partial charge in [0.15, 0.2) is 18.1 Å². The van der Waals surface area contributed by atoms with Crippen molar-refractivity contribution in [3.63, 3.8) is 0 Å². The van der Waals surface area contributed by atoms with Crippen LogP contribution in [0.15, 0.2) is 49.2 Å². The molecular weight excluding hydrogens is 620 g/mol. The molecule has 0 aliphatic carbocycles. The van der Waals surface area contributed by atoms with Crippen LogP contribution in [0.4, 0.5) is 0 Å². The fourth-order valence-electron chi connectivity index (χ4n) is 3.94. The molecule has 1 amide bonds. The topological polar surface area (TPSA) is 95.2 Å². The van der Waals surface area contributed by atoms with Crippen molar-refractivity contribution in [3.05, 3.63) is 61.0 Å². The van der Waals surface area contributed by atoms with E-state index in [0.717, 1.165) is 4.47 Å². The van der Waals surface area contributed by atoms with Crippen LogP contribution in [-0.4, -0.2) is 66.2 Å². The van der Waals surface area contributed by atoms with Crippen LogP contribution >= 0.6 is 31.9 Å². The average molecular weight is 650 g/mol. The molecule has 0 saturated carbocycles. The predicted molar refractivity (Wildman–Crippen MR) is 154 cm³/mol. The minimum absolute atomic E-state index is 0.109. The maximum atomic E-state index is 13.4. The van der Waals surface area contributed by atoms with Crippen molar-refractivity contribution in [1.82, 2.24) is 14.6 Å². The number of halogens is 2. The van der Waals surface area contributed by atoms with E-state index in [1.807, 2.05) is 39.8 Å². The number of hydrogen-bond acceptors (Lipinski definition) is 7. The number of morpholine rings is 1. The van der Waals surface area contributed by atoms with Gasteiger partial charge >= 0.3 is 0 Å². The number of carbonyl (C=O) groups excluding carboxylic acids is 1. The molecule has 38 heavy (non-hydrogen) atoms. The zero-order valence-corrected chi connectivity index (χ0v) is 25.0. The van der Waals surface area contributed by atoms with E-state index in [2.05, 4.69) is 37.0 Å². The number of amides is 1. The standard InChI is InChI=1S/C27H30Br2N4O5/c1-5-37-22-12-17(20(29)14-23(22)38-16-24(34)32-8-10-36-11-9-32)15-30-33-25(35)19-13-18(28)6-7-21(19)31-26(33)27(2,3)4/h6-7,12-15H,5,8-11,16H2,1-4H3. The van der Waals surface area contributed by atoms with Crippen LogP contribution in [0, 0.1) is 0 Å². The molecular formula is C27H30Br2N4O5. The zero-order valence-electron chi connectivity index (χ0n) is 21.8. The highest BCUT2D eigenvalue weighted by atomic mass is 79.9. The Balaban J connectivity index is 1.67. The first kappa shape index (κ1) is 28.3. The number of hydrogen-bond donors (Lipinski definition) is 0. The minimum atomic E-state index is -0.434. The number of aromatic nitrogens is 2. The van der Waals surface area contributed by atoms with Crippen molar-refractivity contribution in [3.8, 4) is 11.5 Å². The molecule has 11 heteroatoms. The molecule has 1 fully saturated rings. The largest absolute Gasteiger partial charge is 0.490 e. The summed E-state index contributed by atoms with van der Waals surface area (Å²) in [5.41, 5.74) is 0.583. The van der Waals surface area contributed by atoms with Gasteiger partial charge in [-0.2, -0.15) is 9.78 Å². The molecule has 0 bridgehead atoms. The van der Waals surface area contributed by atoms with Crippen molar-refractivity contribution in [1.29, 1.82) is 0 Å². The third-order valence-electron chi connectivity index (χ3n) is 5.87. The molecule has 3 aromatic rings. The smallest absolute Gasteiger partial charge is 0.282 e. The highest BCUT2D eigenvalue weighted by Crippen LogP contribution is 2.33. The van der Waals surface area contributed by atoms with E-state index < -0.39 is 5.41 Å². The fourth-order valence-corrected chi connectivity index (χ4v) is 4.72. The maximum Gasteiger partial charge on any atom is 0.282 e. The Morgan fingerprint density at radius 3 is 2.53 bits per heavy atom. The van der Waals surface area contributed by atoms with Gasteiger partial charge in [0, 0.05) is 33.0 Å². The maximum absolute atomic E-state index is 13.4. The minimum Gasteiger partial charge on any atom is -0.490 e. The molecule has 2 heterocycles. The molecule has 2 aromatic carbocycles. The summed E-state index contributed by atoms with van der Waals surface area (Å²) in [6.45, 7) is 10.3. The van der Waals surface area contributed by atoms with Crippen LogP contribution in [0.1, 0.15) is 39.1 Å². The predicted octanol–water partition coefficient (Wildman–Crippen LogP) is 4.74. The number of nitrogens with zero attached hydrogens (tertiary/aromatic N) is 4. The van der Waals surface area contributed by atoms with Crippen molar-refractivity contribution in [2.45, 2.75) is 33.1 Å². The highest BCUT2D eigenvalue weighted by Gasteiger charge is 2.23. The lowest BCUT2D eigenvalue weighted by Gasteiger charge is -2.26. The van der Waals surface area contributed by atoms with E-state index in [0.29, 0.717) is 71.2 Å². The van der Waals surface area contributed by atoms with Crippen molar-refractivity contribution < 1.29 is 19.0 Å². The van der Waals surface area contributed by atoms with E-state index >= 15 is 0 Å². The molecule has 1 saturated heterocycles. The van der Waals surface area contributed by atoms with Crippen LogP contribution in [0.5, 0.6) is 11.5 Å². The molecule has 1 aliphatic rings. The molecule has 202 valence electrons. The average Bonchev–Trinajstić information content (AvgIpc) is 2.88. The number of ether oxygens (including phenoxy) is 3. The van der Waals surface area contributed by atoms with Gasteiger partial charge in [-0.25, -0.2) is 4.98 Å². The fraction of sp³-hybridized carbons (Fsp3) is 0.407. The molecule has 0 radical (unpaired) electrons. The summed E-state index contributed by atoms with van der Waals surface area (Å²) >= 11 is 7.00. The molecule has 0 atom stereocenters. The molecule has 9 nitrogen and oxygen atoms in total. The molecule has 0 N–H and O–H groups in total. The Kier molecular flexibility index (Phi) is 8.89. The second-order valence-electron chi connectivity index (χ2n) is 9.74. The van der Waals surface area contributed by atoms with Crippen LogP contribution < -0.4 is 15.0 Å². The number of fused-ring (bicyclic) bond motifs is 1. The van der Waals surface area contributed by atoms with Crippen molar-refractivity contribution in [2.75, 3.05) is 39.5 Å². The number of benzene rings is 2. The lowest BCUT2D eigenvalue weighted by atomic mass is 9.95. The lowest BCUT2D eigenvalue weighted by Crippen LogP contribution is -2.43. The first-order valence-corrected chi connectivity index (χ1v) is 13.9. The van der Waals surface area contributed by atoms with Gasteiger partial charge in [-0.15, -0.1) is 0 Å². The van der Waals surface area contributed by atoms with E-state index in [-0.39, 0.29) is 18.1 Å². The van der Waals surface area contributed by atoms with Gasteiger partial charge in [0.1, 0.15) is 5.82 Å². The van der Waals surface area contributed by atoms with E-state index in [1.54, 1.807) is 29.3 Å². The molecule has 0 unspecified atom stereocenters. The molecule has 0 spiro atoms. The van der Waals surface area contributed by atoms with Crippen LogP contribution in [-0.2, 0) is 14.9 Å². The SMILES string of the molecule is CCOc1cc(C=Nn2c(C(C)(C)C)nc3ccc(Br)cc3c2=O)c(Br)cc1OCC(=O)N1CCOCC1. The van der Waals surface area contributed by atoms with E-state index in [1.165, 1.54) is 4.68 Å². The summed E-state index contributed by atoms with van der Waals surface area (Å²) in [7, 11) is 0. The van der Waals surface area contributed by atoms with Gasteiger partial charge in [0.05, 0.1) is 36.9 Å². The van der Waals surface area contributed by atoms with Gasteiger partial charge < -0.3 is 19.1 Å². The second kappa shape index (κ2) is 12.0. The molecule has 1 aliphatic heterocycles. The monoisotopic (exact) mass is 648 g/mol. The Labute approximate surface area is 238 Å². The first-order chi connectivity index (χ1) is 18.1. The van der Waals surface area contributed by atoms with Crippen LogP contribution in [0.2, 0.25) is 0 Å². The highest BCUT2D eigenvalue weighted by molar-refractivity contribution is 9.10. The number of carbonyl (C=O) groups is 1. The van der Waals surface area contributed by atoms with Crippen LogP contribution in [0.3, 0.4) is 0 Å².